The second-order valence-corrected chi connectivity index (χ2v) is 4.29. The van der Waals surface area contributed by atoms with E-state index in [0.717, 1.165) is 13.0 Å². The summed E-state index contributed by atoms with van der Waals surface area (Å²) >= 11 is 0. The Morgan fingerprint density at radius 1 is 1.44 bits per heavy atom. The van der Waals surface area contributed by atoms with Gasteiger partial charge in [0.05, 0.1) is 25.7 Å². The second kappa shape index (κ2) is 7.30. The summed E-state index contributed by atoms with van der Waals surface area (Å²) in [6, 6.07) is -1.36. The first kappa shape index (κ1) is 14.9. The van der Waals surface area contributed by atoms with Gasteiger partial charge in [-0.15, -0.1) is 0 Å². The number of carboxylic acids is 1. The van der Waals surface area contributed by atoms with Crippen LogP contribution in [0.3, 0.4) is 0 Å². The average Bonchev–Trinajstić information content (AvgIpc) is 2.80. The fourth-order valence-corrected chi connectivity index (χ4v) is 1.81. The van der Waals surface area contributed by atoms with Gasteiger partial charge in [-0.2, -0.15) is 0 Å². The van der Waals surface area contributed by atoms with E-state index >= 15 is 0 Å². The quantitative estimate of drug-likeness (QED) is 0.446. The highest BCUT2D eigenvalue weighted by atomic mass is 16.5. The Morgan fingerprint density at radius 2 is 2.17 bits per heavy atom. The van der Waals surface area contributed by atoms with Crippen LogP contribution in [-0.4, -0.2) is 60.5 Å². The van der Waals surface area contributed by atoms with Crippen molar-refractivity contribution in [3.63, 3.8) is 0 Å². The SMILES string of the molecule is CCCNC1COCC1C(=O)NC(CO)C(=O)O. The number of ether oxygens (including phenoxy) is 1. The summed E-state index contributed by atoms with van der Waals surface area (Å²) in [7, 11) is 0. The maximum absolute atomic E-state index is 11.9. The number of carboxylic acid groups (broad SMARTS) is 1. The number of carbonyl (C=O) groups excluding carboxylic acids is 1. The van der Waals surface area contributed by atoms with Gasteiger partial charge in [0.1, 0.15) is 6.04 Å². The molecule has 104 valence electrons. The molecule has 0 aliphatic carbocycles. The minimum atomic E-state index is -1.26. The minimum Gasteiger partial charge on any atom is -0.480 e. The highest BCUT2D eigenvalue weighted by Gasteiger charge is 2.35. The topological polar surface area (TPSA) is 108 Å². The van der Waals surface area contributed by atoms with E-state index in [-0.39, 0.29) is 12.6 Å². The van der Waals surface area contributed by atoms with Crippen LogP contribution in [0.5, 0.6) is 0 Å². The van der Waals surface area contributed by atoms with Crippen molar-refractivity contribution in [3.8, 4) is 0 Å². The Labute approximate surface area is 106 Å². The molecule has 0 aromatic carbocycles. The van der Waals surface area contributed by atoms with Crippen LogP contribution in [-0.2, 0) is 14.3 Å². The van der Waals surface area contributed by atoms with Crippen LogP contribution >= 0.6 is 0 Å². The van der Waals surface area contributed by atoms with Crippen LogP contribution in [0.15, 0.2) is 0 Å². The standard InChI is InChI=1S/C11H20N2O5/c1-2-3-12-9-6-18-5-7(9)10(15)13-8(4-14)11(16)17/h7-9,12,14H,2-6H2,1H3,(H,13,15)(H,16,17). The first-order valence-corrected chi connectivity index (χ1v) is 6.05. The predicted octanol–water partition coefficient (Wildman–Crippen LogP) is -1.44. The van der Waals surface area contributed by atoms with Crippen LogP contribution in [0.25, 0.3) is 0 Å². The van der Waals surface area contributed by atoms with Crippen molar-refractivity contribution in [1.29, 1.82) is 0 Å². The number of rotatable bonds is 7. The number of aliphatic hydroxyl groups excluding tert-OH is 1. The third kappa shape index (κ3) is 3.94. The van der Waals surface area contributed by atoms with Gasteiger partial charge < -0.3 is 25.6 Å². The zero-order chi connectivity index (χ0) is 13.5. The monoisotopic (exact) mass is 260 g/mol. The number of aliphatic carboxylic acids is 1. The summed E-state index contributed by atoms with van der Waals surface area (Å²) in [6.07, 6.45) is 0.944. The summed E-state index contributed by atoms with van der Waals surface area (Å²) in [6.45, 7) is 2.88. The lowest BCUT2D eigenvalue weighted by molar-refractivity contribution is -0.143. The van der Waals surface area contributed by atoms with Crippen molar-refractivity contribution < 1.29 is 24.5 Å². The van der Waals surface area contributed by atoms with Gasteiger partial charge in [-0.05, 0) is 13.0 Å². The van der Waals surface area contributed by atoms with E-state index in [2.05, 4.69) is 10.6 Å². The molecule has 1 rings (SSSR count). The lowest BCUT2D eigenvalue weighted by atomic mass is 10.0. The maximum Gasteiger partial charge on any atom is 0.328 e. The number of aliphatic hydroxyl groups is 1. The van der Waals surface area contributed by atoms with E-state index in [4.69, 9.17) is 14.9 Å². The van der Waals surface area contributed by atoms with Crippen LogP contribution < -0.4 is 10.6 Å². The van der Waals surface area contributed by atoms with Gasteiger partial charge in [0, 0.05) is 6.04 Å². The molecule has 0 saturated carbocycles. The van der Waals surface area contributed by atoms with Crippen molar-refractivity contribution in [2.75, 3.05) is 26.4 Å². The molecule has 0 spiro atoms. The van der Waals surface area contributed by atoms with Crippen LogP contribution in [0.4, 0.5) is 0 Å². The van der Waals surface area contributed by atoms with Gasteiger partial charge in [-0.3, -0.25) is 4.79 Å². The molecule has 1 fully saturated rings. The van der Waals surface area contributed by atoms with Crippen LogP contribution in [0.2, 0.25) is 0 Å². The van der Waals surface area contributed by atoms with E-state index in [0.29, 0.717) is 6.61 Å². The van der Waals surface area contributed by atoms with E-state index < -0.39 is 30.4 Å². The Balaban J connectivity index is 2.51. The molecule has 7 heteroatoms. The molecule has 0 aromatic heterocycles. The van der Waals surface area contributed by atoms with Crippen molar-refractivity contribution in [2.24, 2.45) is 5.92 Å². The van der Waals surface area contributed by atoms with Gasteiger partial charge in [0.25, 0.3) is 0 Å². The molecule has 18 heavy (non-hydrogen) atoms. The number of hydrogen-bond donors (Lipinski definition) is 4. The highest BCUT2D eigenvalue weighted by Crippen LogP contribution is 2.14. The molecule has 1 amide bonds. The fraction of sp³-hybridized carbons (Fsp3) is 0.818. The van der Waals surface area contributed by atoms with Crippen LogP contribution in [0, 0.1) is 5.92 Å². The summed E-state index contributed by atoms with van der Waals surface area (Å²) in [5.41, 5.74) is 0. The van der Waals surface area contributed by atoms with E-state index in [1.807, 2.05) is 6.92 Å². The highest BCUT2D eigenvalue weighted by molar-refractivity contribution is 5.85. The van der Waals surface area contributed by atoms with Gasteiger partial charge in [-0.1, -0.05) is 6.92 Å². The minimum absolute atomic E-state index is 0.0990. The molecule has 7 nitrogen and oxygen atoms in total. The molecular formula is C11H20N2O5. The lowest BCUT2D eigenvalue weighted by Gasteiger charge is -2.20. The van der Waals surface area contributed by atoms with Crippen molar-refractivity contribution in [1.82, 2.24) is 10.6 Å². The molecular weight excluding hydrogens is 240 g/mol. The fourth-order valence-electron chi connectivity index (χ4n) is 1.81. The predicted molar refractivity (Wildman–Crippen MR) is 63.0 cm³/mol. The van der Waals surface area contributed by atoms with Crippen molar-refractivity contribution in [3.05, 3.63) is 0 Å². The molecule has 0 bridgehead atoms. The number of nitrogens with one attached hydrogen (secondary N) is 2. The molecule has 1 aliphatic rings. The molecule has 3 unspecified atom stereocenters. The van der Waals surface area contributed by atoms with Crippen molar-refractivity contribution >= 4 is 11.9 Å². The van der Waals surface area contributed by atoms with Gasteiger partial charge in [-0.25, -0.2) is 4.79 Å². The van der Waals surface area contributed by atoms with E-state index in [9.17, 15) is 9.59 Å². The second-order valence-electron chi connectivity index (χ2n) is 4.29. The summed E-state index contributed by atoms with van der Waals surface area (Å²) in [4.78, 5) is 22.6. The summed E-state index contributed by atoms with van der Waals surface area (Å²) in [5.74, 6) is -2.06. The Bertz CT molecular complexity index is 297. The van der Waals surface area contributed by atoms with Crippen molar-refractivity contribution in [2.45, 2.75) is 25.4 Å². The maximum atomic E-state index is 11.9. The molecule has 3 atom stereocenters. The lowest BCUT2D eigenvalue weighted by Crippen LogP contribution is -2.50. The smallest absolute Gasteiger partial charge is 0.328 e. The molecule has 4 N–H and O–H groups in total. The average molecular weight is 260 g/mol. The first-order chi connectivity index (χ1) is 8.60. The third-order valence-corrected chi connectivity index (χ3v) is 2.87. The van der Waals surface area contributed by atoms with Gasteiger partial charge in [0.15, 0.2) is 0 Å². The summed E-state index contributed by atoms with van der Waals surface area (Å²) < 4.78 is 5.23. The largest absolute Gasteiger partial charge is 0.480 e. The summed E-state index contributed by atoms with van der Waals surface area (Å²) in [5, 5.41) is 23.1. The third-order valence-electron chi connectivity index (χ3n) is 2.87. The molecule has 0 radical (unpaired) electrons. The normalized spacial score (nSPS) is 24.8. The molecule has 1 saturated heterocycles. The number of hydrogen-bond acceptors (Lipinski definition) is 5. The Hall–Kier alpha value is -1.18. The Morgan fingerprint density at radius 3 is 2.72 bits per heavy atom. The zero-order valence-electron chi connectivity index (χ0n) is 10.4. The van der Waals surface area contributed by atoms with E-state index in [1.54, 1.807) is 0 Å². The molecule has 1 heterocycles. The molecule has 0 aromatic rings. The van der Waals surface area contributed by atoms with Gasteiger partial charge >= 0.3 is 5.97 Å². The first-order valence-electron chi connectivity index (χ1n) is 6.05. The van der Waals surface area contributed by atoms with Gasteiger partial charge in [0.2, 0.25) is 5.91 Å². The van der Waals surface area contributed by atoms with E-state index in [1.165, 1.54) is 0 Å². The molecule has 1 aliphatic heterocycles. The van der Waals surface area contributed by atoms with Crippen LogP contribution in [0.1, 0.15) is 13.3 Å². The zero-order valence-corrected chi connectivity index (χ0v) is 10.4. The number of carbonyl (C=O) groups is 2. The Kier molecular flexibility index (Phi) is 6.03. The number of amides is 1.